The molecule has 0 spiro atoms. The molecule has 1 aromatic rings. The highest BCUT2D eigenvalue weighted by Gasteiger charge is 2.34. The van der Waals surface area contributed by atoms with E-state index in [1.54, 1.807) is 0 Å². The molecule has 4 nitrogen and oxygen atoms in total. The van der Waals surface area contributed by atoms with Gasteiger partial charge >= 0.3 is 6.18 Å². The number of amides is 1. The van der Waals surface area contributed by atoms with E-state index < -0.39 is 11.7 Å². The zero-order chi connectivity index (χ0) is 17.8. The summed E-state index contributed by atoms with van der Waals surface area (Å²) in [5, 5.41) is 2.59. The van der Waals surface area contributed by atoms with Crippen molar-refractivity contribution in [3.8, 4) is 0 Å². The number of carbonyl (C=O) groups excluding carboxylic acids is 1. The Bertz CT molecular complexity index is 581. The average Bonchev–Trinajstić information content (AvgIpc) is 2.54. The van der Waals surface area contributed by atoms with Gasteiger partial charge in [0.25, 0.3) is 0 Å². The summed E-state index contributed by atoms with van der Waals surface area (Å²) in [4.78, 5) is 12.3. The maximum atomic E-state index is 12.9. The number of hydrogen-bond acceptors (Lipinski definition) is 3. The number of benzene rings is 1. The van der Waals surface area contributed by atoms with Gasteiger partial charge in [-0.3, -0.25) is 4.79 Å². The summed E-state index contributed by atoms with van der Waals surface area (Å²) < 4.78 is 38.8. The van der Waals surface area contributed by atoms with Gasteiger partial charge in [-0.2, -0.15) is 13.2 Å². The molecule has 1 aromatic carbocycles. The Hall–Kier alpha value is -1.60. The van der Waals surface area contributed by atoms with E-state index in [2.05, 4.69) is 5.32 Å². The first-order valence-electron chi connectivity index (χ1n) is 8.19. The molecule has 5 N–H and O–H groups in total. The summed E-state index contributed by atoms with van der Waals surface area (Å²) >= 11 is 0. The molecule has 1 aliphatic rings. The second-order valence-corrected chi connectivity index (χ2v) is 6.61. The lowest BCUT2D eigenvalue weighted by molar-refractivity contribution is -0.137. The largest absolute Gasteiger partial charge is 0.416 e. The van der Waals surface area contributed by atoms with Crippen molar-refractivity contribution in [2.75, 3.05) is 11.9 Å². The maximum Gasteiger partial charge on any atom is 0.416 e. The van der Waals surface area contributed by atoms with Crippen LogP contribution in [0, 0.1) is 5.41 Å². The number of nitrogens with two attached hydrogens (primary N) is 2. The fraction of sp³-hybridized carbons (Fsp3) is 0.588. The van der Waals surface area contributed by atoms with Crippen LogP contribution in [0.1, 0.15) is 49.7 Å². The van der Waals surface area contributed by atoms with Gasteiger partial charge in [0.2, 0.25) is 5.91 Å². The van der Waals surface area contributed by atoms with Crippen LogP contribution < -0.4 is 16.8 Å². The van der Waals surface area contributed by atoms with Gasteiger partial charge in [0.15, 0.2) is 0 Å². The van der Waals surface area contributed by atoms with Crippen molar-refractivity contribution >= 4 is 11.6 Å². The van der Waals surface area contributed by atoms with E-state index in [9.17, 15) is 18.0 Å². The van der Waals surface area contributed by atoms with E-state index in [-0.39, 0.29) is 30.0 Å². The van der Waals surface area contributed by atoms with Crippen LogP contribution in [0.2, 0.25) is 0 Å². The molecule has 24 heavy (non-hydrogen) atoms. The predicted octanol–water partition coefficient (Wildman–Crippen LogP) is 3.40. The first-order valence-corrected chi connectivity index (χ1v) is 8.19. The SMILES string of the molecule is NCc1cc(NC(=O)CC2(CN)CCCCC2)cc(C(F)(F)F)c1. The second-order valence-electron chi connectivity index (χ2n) is 6.61. The van der Waals surface area contributed by atoms with Gasteiger partial charge in [-0.05, 0) is 48.6 Å². The fourth-order valence-corrected chi connectivity index (χ4v) is 3.35. The van der Waals surface area contributed by atoms with Crippen molar-refractivity contribution in [3.05, 3.63) is 29.3 Å². The normalized spacial score (nSPS) is 17.5. The zero-order valence-corrected chi connectivity index (χ0v) is 13.6. The van der Waals surface area contributed by atoms with Gasteiger partial charge in [0.1, 0.15) is 0 Å². The third kappa shape index (κ3) is 4.70. The Balaban J connectivity index is 2.13. The van der Waals surface area contributed by atoms with Crippen molar-refractivity contribution in [2.45, 2.75) is 51.2 Å². The first-order chi connectivity index (χ1) is 11.3. The van der Waals surface area contributed by atoms with Crippen LogP contribution in [-0.4, -0.2) is 12.5 Å². The molecule has 0 radical (unpaired) electrons. The number of nitrogens with one attached hydrogen (secondary N) is 1. The minimum absolute atomic E-state index is 0.0282. The summed E-state index contributed by atoms with van der Waals surface area (Å²) in [6.07, 6.45) is 0.721. The molecule has 134 valence electrons. The highest BCUT2D eigenvalue weighted by molar-refractivity contribution is 5.91. The van der Waals surface area contributed by atoms with Crippen molar-refractivity contribution in [2.24, 2.45) is 16.9 Å². The summed E-state index contributed by atoms with van der Waals surface area (Å²) in [5.74, 6) is -0.301. The topological polar surface area (TPSA) is 81.1 Å². The van der Waals surface area contributed by atoms with Crippen molar-refractivity contribution in [1.29, 1.82) is 0 Å². The third-order valence-corrected chi connectivity index (χ3v) is 4.72. The van der Waals surface area contributed by atoms with E-state index >= 15 is 0 Å². The molecule has 0 aromatic heterocycles. The first kappa shape index (κ1) is 18.7. The molecule has 2 rings (SSSR count). The van der Waals surface area contributed by atoms with Crippen LogP contribution in [0.25, 0.3) is 0 Å². The minimum atomic E-state index is -4.48. The Kier molecular flexibility index (Phi) is 5.87. The van der Waals surface area contributed by atoms with E-state index in [1.165, 1.54) is 6.07 Å². The number of anilines is 1. The highest BCUT2D eigenvalue weighted by atomic mass is 19.4. The number of carbonyl (C=O) groups is 1. The monoisotopic (exact) mass is 343 g/mol. The lowest BCUT2D eigenvalue weighted by atomic mass is 9.71. The van der Waals surface area contributed by atoms with Crippen molar-refractivity contribution in [3.63, 3.8) is 0 Å². The zero-order valence-electron chi connectivity index (χ0n) is 13.6. The number of hydrogen-bond donors (Lipinski definition) is 3. The second kappa shape index (κ2) is 7.53. The van der Waals surface area contributed by atoms with E-state index in [0.29, 0.717) is 12.1 Å². The van der Waals surface area contributed by atoms with Crippen LogP contribution in [-0.2, 0) is 17.5 Å². The highest BCUT2D eigenvalue weighted by Crippen LogP contribution is 2.39. The molecule has 0 heterocycles. The third-order valence-electron chi connectivity index (χ3n) is 4.72. The smallest absolute Gasteiger partial charge is 0.330 e. The molecule has 0 aliphatic heterocycles. The molecule has 0 bridgehead atoms. The van der Waals surface area contributed by atoms with Gasteiger partial charge < -0.3 is 16.8 Å². The van der Waals surface area contributed by atoms with Crippen LogP contribution >= 0.6 is 0 Å². The molecular formula is C17H24F3N3O. The van der Waals surface area contributed by atoms with E-state index in [0.717, 1.165) is 44.2 Å². The Labute approximate surface area is 139 Å². The van der Waals surface area contributed by atoms with Crippen LogP contribution in [0.4, 0.5) is 18.9 Å². The summed E-state index contributed by atoms with van der Waals surface area (Å²) in [5.41, 5.74) is 10.7. The fourth-order valence-electron chi connectivity index (χ4n) is 3.35. The number of alkyl halides is 3. The lowest BCUT2D eigenvalue weighted by Crippen LogP contribution is -2.36. The van der Waals surface area contributed by atoms with Gasteiger partial charge in [0, 0.05) is 18.7 Å². The molecule has 0 unspecified atom stereocenters. The van der Waals surface area contributed by atoms with Crippen LogP contribution in [0.15, 0.2) is 18.2 Å². The van der Waals surface area contributed by atoms with Crippen molar-refractivity contribution in [1.82, 2.24) is 0 Å². The average molecular weight is 343 g/mol. The van der Waals surface area contributed by atoms with Gasteiger partial charge in [-0.15, -0.1) is 0 Å². The predicted molar refractivity (Wildman–Crippen MR) is 87.2 cm³/mol. The van der Waals surface area contributed by atoms with Gasteiger partial charge in [-0.1, -0.05) is 19.3 Å². The quantitative estimate of drug-likeness (QED) is 0.766. The number of rotatable bonds is 5. The van der Waals surface area contributed by atoms with Gasteiger partial charge in [-0.25, -0.2) is 0 Å². The Morgan fingerprint density at radius 1 is 1.12 bits per heavy atom. The molecule has 0 atom stereocenters. The summed E-state index contributed by atoms with van der Waals surface area (Å²) in [7, 11) is 0. The Morgan fingerprint density at radius 3 is 2.33 bits per heavy atom. The molecule has 7 heteroatoms. The number of halogens is 3. The van der Waals surface area contributed by atoms with E-state index in [4.69, 9.17) is 11.5 Å². The lowest BCUT2D eigenvalue weighted by Gasteiger charge is -2.35. The van der Waals surface area contributed by atoms with Crippen LogP contribution in [0.5, 0.6) is 0 Å². The summed E-state index contributed by atoms with van der Waals surface area (Å²) in [6, 6.07) is 3.41. The molecule has 1 amide bonds. The molecule has 1 saturated carbocycles. The summed E-state index contributed by atoms with van der Waals surface area (Å²) in [6.45, 7) is 0.386. The van der Waals surface area contributed by atoms with Crippen molar-refractivity contribution < 1.29 is 18.0 Å². The van der Waals surface area contributed by atoms with Crippen LogP contribution in [0.3, 0.4) is 0 Å². The standard InChI is InChI=1S/C17H24F3N3O/c18-17(19,20)13-6-12(10-21)7-14(8-13)23-15(24)9-16(11-22)4-2-1-3-5-16/h6-8H,1-5,9-11,21-22H2,(H,23,24). The molecular weight excluding hydrogens is 319 g/mol. The van der Waals surface area contributed by atoms with E-state index in [1.807, 2.05) is 0 Å². The maximum absolute atomic E-state index is 12.9. The molecule has 1 fully saturated rings. The molecule has 0 saturated heterocycles. The van der Waals surface area contributed by atoms with Gasteiger partial charge in [0.05, 0.1) is 5.56 Å². The minimum Gasteiger partial charge on any atom is -0.330 e. The molecule has 1 aliphatic carbocycles. The Morgan fingerprint density at radius 2 is 1.79 bits per heavy atom.